The van der Waals surface area contributed by atoms with Crippen molar-refractivity contribution in [3.8, 4) is 0 Å². The highest BCUT2D eigenvalue weighted by Gasteiger charge is 2.03. The highest BCUT2D eigenvalue weighted by Crippen LogP contribution is 1.96. The number of nitrogens with zero attached hydrogens (tertiary/aromatic N) is 1. The summed E-state index contributed by atoms with van der Waals surface area (Å²) in [6.45, 7) is 11.6. The average molecular weight is 170 g/mol. The summed E-state index contributed by atoms with van der Waals surface area (Å²) in [6.07, 6.45) is 3.13. The van der Waals surface area contributed by atoms with E-state index in [1.807, 2.05) is 13.1 Å². The van der Waals surface area contributed by atoms with E-state index in [1.54, 1.807) is 0 Å². The molecule has 0 aliphatic rings. The summed E-state index contributed by atoms with van der Waals surface area (Å²) < 4.78 is 0. The Balaban J connectivity index is 3.55. The zero-order valence-corrected chi connectivity index (χ0v) is 8.64. The quantitative estimate of drug-likeness (QED) is 0.582. The van der Waals surface area contributed by atoms with Crippen molar-refractivity contribution in [3.63, 3.8) is 0 Å². The van der Waals surface area contributed by atoms with Gasteiger partial charge in [0.1, 0.15) is 0 Å². The lowest BCUT2D eigenvalue weighted by Crippen LogP contribution is -2.31. The predicted molar refractivity (Wildman–Crippen MR) is 55.4 cm³/mol. The smallest absolute Gasteiger partial charge is 0.0256 e. The lowest BCUT2D eigenvalue weighted by atomic mass is 10.2. The third kappa shape index (κ3) is 4.52. The minimum Gasteiger partial charge on any atom is -0.314 e. The zero-order chi connectivity index (χ0) is 9.40. The summed E-state index contributed by atoms with van der Waals surface area (Å²) in [5.41, 5.74) is 0. The van der Waals surface area contributed by atoms with Crippen LogP contribution in [0.5, 0.6) is 0 Å². The second-order valence-electron chi connectivity index (χ2n) is 2.95. The molecular formula is C10H22N2. The molecule has 0 aromatic rings. The summed E-state index contributed by atoms with van der Waals surface area (Å²) in [6, 6.07) is 0.464. The van der Waals surface area contributed by atoms with Crippen LogP contribution in [0.4, 0.5) is 0 Å². The van der Waals surface area contributed by atoms with Gasteiger partial charge in [-0.1, -0.05) is 19.9 Å². The third-order valence-electron chi connectivity index (χ3n) is 2.31. The molecule has 1 atom stereocenters. The molecule has 1 N–H and O–H groups in total. The summed E-state index contributed by atoms with van der Waals surface area (Å²) >= 11 is 0. The third-order valence-corrected chi connectivity index (χ3v) is 2.31. The molecule has 2 nitrogen and oxygen atoms in total. The zero-order valence-electron chi connectivity index (χ0n) is 8.64. The van der Waals surface area contributed by atoms with Gasteiger partial charge in [0.05, 0.1) is 0 Å². The summed E-state index contributed by atoms with van der Waals surface area (Å²) in [7, 11) is 1.98. The fraction of sp³-hybridized carbons (Fsp3) is 0.800. The lowest BCUT2D eigenvalue weighted by molar-refractivity contribution is 0.291. The van der Waals surface area contributed by atoms with Crippen LogP contribution in [0.1, 0.15) is 20.3 Å². The van der Waals surface area contributed by atoms with E-state index in [0.717, 1.165) is 26.1 Å². The second-order valence-corrected chi connectivity index (χ2v) is 2.95. The summed E-state index contributed by atoms with van der Waals surface area (Å²) in [5.74, 6) is 0. The molecule has 0 bridgehead atoms. The average Bonchev–Trinajstić information content (AvgIpc) is 2.13. The summed E-state index contributed by atoms with van der Waals surface area (Å²) in [4.78, 5) is 2.42. The SMILES string of the molecule is C=CC(CCN(CC)CC)NC. The van der Waals surface area contributed by atoms with Gasteiger partial charge in [-0.25, -0.2) is 0 Å². The van der Waals surface area contributed by atoms with Gasteiger partial charge in [0, 0.05) is 6.04 Å². The van der Waals surface area contributed by atoms with E-state index in [9.17, 15) is 0 Å². The predicted octanol–water partition coefficient (Wildman–Crippen LogP) is 1.49. The Hall–Kier alpha value is -0.340. The molecule has 12 heavy (non-hydrogen) atoms. The Bertz CT molecular complexity index is 108. The first-order valence-electron chi connectivity index (χ1n) is 4.80. The Labute approximate surface area is 76.6 Å². The number of hydrogen-bond donors (Lipinski definition) is 1. The molecule has 0 spiro atoms. The highest BCUT2D eigenvalue weighted by atomic mass is 15.1. The number of nitrogens with one attached hydrogen (secondary N) is 1. The van der Waals surface area contributed by atoms with E-state index in [1.165, 1.54) is 0 Å². The van der Waals surface area contributed by atoms with Crippen molar-refractivity contribution in [1.82, 2.24) is 10.2 Å². The molecule has 0 rings (SSSR count). The van der Waals surface area contributed by atoms with E-state index in [2.05, 4.69) is 30.6 Å². The van der Waals surface area contributed by atoms with Gasteiger partial charge in [0.2, 0.25) is 0 Å². The van der Waals surface area contributed by atoms with Gasteiger partial charge in [0.15, 0.2) is 0 Å². The van der Waals surface area contributed by atoms with E-state index in [0.29, 0.717) is 6.04 Å². The van der Waals surface area contributed by atoms with E-state index >= 15 is 0 Å². The minimum atomic E-state index is 0.464. The topological polar surface area (TPSA) is 15.3 Å². The maximum absolute atomic E-state index is 3.78. The molecule has 0 aliphatic heterocycles. The first-order valence-corrected chi connectivity index (χ1v) is 4.80. The van der Waals surface area contributed by atoms with E-state index in [-0.39, 0.29) is 0 Å². The van der Waals surface area contributed by atoms with Crippen molar-refractivity contribution in [1.29, 1.82) is 0 Å². The number of hydrogen-bond acceptors (Lipinski definition) is 2. The van der Waals surface area contributed by atoms with Gasteiger partial charge < -0.3 is 10.2 Å². The van der Waals surface area contributed by atoms with Crippen molar-refractivity contribution >= 4 is 0 Å². The summed E-state index contributed by atoms with van der Waals surface area (Å²) in [5, 5.41) is 3.21. The molecule has 0 heterocycles. The maximum atomic E-state index is 3.78. The van der Waals surface area contributed by atoms with Crippen LogP contribution in [0.2, 0.25) is 0 Å². The van der Waals surface area contributed by atoms with Crippen LogP contribution in [0.15, 0.2) is 12.7 Å². The van der Waals surface area contributed by atoms with Crippen molar-refractivity contribution in [2.24, 2.45) is 0 Å². The van der Waals surface area contributed by atoms with Gasteiger partial charge in [-0.2, -0.15) is 0 Å². The van der Waals surface area contributed by atoms with Crippen LogP contribution in [-0.2, 0) is 0 Å². The van der Waals surface area contributed by atoms with Crippen molar-refractivity contribution in [2.75, 3.05) is 26.7 Å². The Morgan fingerprint density at radius 3 is 2.33 bits per heavy atom. The van der Waals surface area contributed by atoms with Gasteiger partial charge in [0.25, 0.3) is 0 Å². The fourth-order valence-electron chi connectivity index (χ4n) is 1.24. The van der Waals surface area contributed by atoms with Crippen LogP contribution < -0.4 is 5.32 Å². The lowest BCUT2D eigenvalue weighted by Gasteiger charge is -2.20. The van der Waals surface area contributed by atoms with Crippen molar-refractivity contribution in [3.05, 3.63) is 12.7 Å². The fourth-order valence-corrected chi connectivity index (χ4v) is 1.24. The largest absolute Gasteiger partial charge is 0.314 e. The van der Waals surface area contributed by atoms with Crippen LogP contribution in [0.3, 0.4) is 0 Å². The Kier molecular flexibility index (Phi) is 7.11. The number of rotatable bonds is 7. The first-order chi connectivity index (χ1) is 5.78. The monoisotopic (exact) mass is 170 g/mol. The molecule has 2 heteroatoms. The highest BCUT2D eigenvalue weighted by molar-refractivity contribution is 4.84. The molecule has 0 amide bonds. The number of likely N-dealkylation sites (N-methyl/N-ethyl adjacent to an activating group) is 1. The maximum Gasteiger partial charge on any atom is 0.0256 e. The molecule has 0 fully saturated rings. The molecular weight excluding hydrogens is 148 g/mol. The molecule has 72 valence electrons. The van der Waals surface area contributed by atoms with Gasteiger partial charge in [-0.05, 0) is 33.1 Å². The molecule has 0 aromatic carbocycles. The van der Waals surface area contributed by atoms with Gasteiger partial charge in [-0.3, -0.25) is 0 Å². The van der Waals surface area contributed by atoms with Crippen molar-refractivity contribution in [2.45, 2.75) is 26.3 Å². The molecule has 0 saturated carbocycles. The van der Waals surface area contributed by atoms with Crippen LogP contribution in [-0.4, -0.2) is 37.6 Å². The van der Waals surface area contributed by atoms with Gasteiger partial charge in [-0.15, -0.1) is 6.58 Å². The molecule has 0 saturated heterocycles. The van der Waals surface area contributed by atoms with Crippen molar-refractivity contribution < 1.29 is 0 Å². The Morgan fingerprint density at radius 1 is 1.42 bits per heavy atom. The van der Waals surface area contributed by atoms with E-state index in [4.69, 9.17) is 0 Å². The Morgan fingerprint density at radius 2 is 2.00 bits per heavy atom. The normalized spacial score (nSPS) is 13.3. The molecule has 0 aromatic heterocycles. The van der Waals surface area contributed by atoms with Crippen LogP contribution in [0.25, 0.3) is 0 Å². The molecule has 0 radical (unpaired) electrons. The second kappa shape index (κ2) is 7.32. The van der Waals surface area contributed by atoms with Crippen LogP contribution >= 0.6 is 0 Å². The molecule has 1 unspecified atom stereocenters. The van der Waals surface area contributed by atoms with Crippen LogP contribution in [0, 0.1) is 0 Å². The van der Waals surface area contributed by atoms with E-state index < -0.39 is 0 Å². The first kappa shape index (κ1) is 11.7. The minimum absolute atomic E-state index is 0.464. The molecule has 0 aliphatic carbocycles. The standard InChI is InChI=1S/C10H22N2/c1-5-10(11-4)8-9-12(6-2)7-3/h5,10-11H,1,6-9H2,2-4H3. The van der Waals surface area contributed by atoms with Gasteiger partial charge >= 0.3 is 0 Å².